The average Bonchev–Trinajstić information content (AvgIpc) is 2.69. The maximum atomic E-state index is 11.6. The highest BCUT2D eigenvalue weighted by molar-refractivity contribution is 7.99. The lowest BCUT2D eigenvalue weighted by Gasteiger charge is -2.10. The summed E-state index contributed by atoms with van der Waals surface area (Å²) in [5, 5.41) is 11.4. The van der Waals surface area contributed by atoms with Crippen LogP contribution in [-0.2, 0) is 11.2 Å². The Morgan fingerprint density at radius 1 is 1.50 bits per heavy atom. The van der Waals surface area contributed by atoms with Gasteiger partial charge in [0, 0.05) is 12.5 Å². The molecular weight excluding hydrogens is 250 g/mol. The van der Waals surface area contributed by atoms with Gasteiger partial charge in [0.2, 0.25) is 11.1 Å². The summed E-state index contributed by atoms with van der Waals surface area (Å²) in [5.41, 5.74) is 0. The van der Waals surface area contributed by atoms with Crippen molar-refractivity contribution in [1.29, 1.82) is 0 Å². The van der Waals surface area contributed by atoms with Gasteiger partial charge in [0.25, 0.3) is 0 Å². The van der Waals surface area contributed by atoms with Crippen LogP contribution in [0.5, 0.6) is 0 Å². The van der Waals surface area contributed by atoms with Crippen molar-refractivity contribution >= 4 is 17.7 Å². The van der Waals surface area contributed by atoms with Crippen molar-refractivity contribution in [2.45, 2.75) is 51.2 Å². The second-order valence-electron chi connectivity index (χ2n) is 4.18. The maximum absolute atomic E-state index is 11.6. The van der Waals surface area contributed by atoms with E-state index in [1.165, 1.54) is 16.4 Å². The van der Waals surface area contributed by atoms with Crippen LogP contribution in [0.1, 0.15) is 39.4 Å². The molecule has 1 rings (SSSR count). The van der Waals surface area contributed by atoms with Crippen LogP contribution >= 0.6 is 11.8 Å². The van der Waals surface area contributed by atoms with Crippen molar-refractivity contribution in [3.63, 3.8) is 0 Å². The van der Waals surface area contributed by atoms with Gasteiger partial charge in [0.15, 0.2) is 5.82 Å². The Morgan fingerprint density at radius 2 is 2.22 bits per heavy atom. The zero-order valence-electron chi connectivity index (χ0n) is 11.1. The molecule has 0 saturated carbocycles. The highest BCUT2D eigenvalue weighted by Gasteiger charge is 2.12. The van der Waals surface area contributed by atoms with E-state index in [9.17, 15) is 4.79 Å². The predicted octanol–water partition coefficient (Wildman–Crippen LogP) is 0.951. The lowest BCUT2D eigenvalue weighted by atomic mass is 10.3. The van der Waals surface area contributed by atoms with Gasteiger partial charge in [-0.05, 0) is 19.8 Å². The zero-order chi connectivity index (χ0) is 13.5. The monoisotopic (exact) mass is 271 g/mol. The fourth-order valence-corrected chi connectivity index (χ4v) is 2.03. The van der Waals surface area contributed by atoms with Gasteiger partial charge in [-0.3, -0.25) is 4.79 Å². The van der Waals surface area contributed by atoms with Gasteiger partial charge < -0.3 is 11.2 Å². The Labute approximate surface area is 112 Å². The average molecular weight is 271 g/mol. The topological polar surface area (TPSA) is 85.8 Å². The van der Waals surface area contributed by atoms with E-state index >= 15 is 0 Å². The summed E-state index contributed by atoms with van der Waals surface area (Å²) < 4.78 is 1.46. The number of aryl methyl sites for hydroxylation is 1. The van der Waals surface area contributed by atoms with Crippen LogP contribution < -0.4 is 11.2 Å². The number of nitrogens with two attached hydrogens (primary N) is 1. The van der Waals surface area contributed by atoms with Gasteiger partial charge in [0.1, 0.15) is 0 Å². The second-order valence-corrected chi connectivity index (χ2v) is 5.13. The summed E-state index contributed by atoms with van der Waals surface area (Å²) in [4.78, 5) is 11.6. The predicted molar refractivity (Wildman–Crippen MR) is 72.8 cm³/mol. The number of carbonyl (C=O) groups excluding carboxylic acids is 1. The number of carbonyl (C=O) groups is 1. The van der Waals surface area contributed by atoms with Crippen LogP contribution in [0.25, 0.3) is 0 Å². The van der Waals surface area contributed by atoms with Crippen molar-refractivity contribution in [2.75, 3.05) is 11.6 Å². The van der Waals surface area contributed by atoms with Crippen molar-refractivity contribution < 1.29 is 4.79 Å². The molecule has 1 unspecified atom stereocenters. The molecule has 102 valence electrons. The largest absolute Gasteiger partial charge is 0.353 e. The van der Waals surface area contributed by atoms with E-state index in [0.717, 1.165) is 25.1 Å². The standard InChI is InChI=1S/C11H21N5OS/c1-4-6-9-14-15-11(16(9)12)18-7-10(17)13-8(3)5-2/h8H,4-7,12H2,1-3H3,(H,13,17). The van der Waals surface area contributed by atoms with Crippen molar-refractivity contribution in [3.05, 3.63) is 5.82 Å². The molecule has 1 atom stereocenters. The molecule has 1 aromatic heterocycles. The van der Waals surface area contributed by atoms with E-state index in [1.54, 1.807) is 0 Å². The molecule has 0 spiro atoms. The second kappa shape index (κ2) is 7.25. The molecule has 0 bridgehead atoms. The molecule has 0 aliphatic carbocycles. The van der Waals surface area contributed by atoms with Gasteiger partial charge in [-0.2, -0.15) is 0 Å². The Morgan fingerprint density at radius 3 is 2.83 bits per heavy atom. The zero-order valence-corrected chi connectivity index (χ0v) is 12.0. The normalized spacial score (nSPS) is 12.4. The highest BCUT2D eigenvalue weighted by atomic mass is 32.2. The maximum Gasteiger partial charge on any atom is 0.230 e. The molecule has 6 nitrogen and oxygen atoms in total. The third-order valence-corrected chi connectivity index (χ3v) is 3.50. The third-order valence-electron chi connectivity index (χ3n) is 2.56. The number of hydrogen-bond donors (Lipinski definition) is 2. The third kappa shape index (κ3) is 4.21. The van der Waals surface area contributed by atoms with Crippen molar-refractivity contribution in [3.8, 4) is 0 Å². The number of amides is 1. The SMILES string of the molecule is CCCc1nnc(SCC(=O)NC(C)CC)n1N. The molecule has 1 heterocycles. The Kier molecular flexibility index (Phi) is 5.97. The number of nitrogens with zero attached hydrogens (tertiary/aromatic N) is 3. The first kappa shape index (κ1) is 14.8. The van der Waals surface area contributed by atoms with Crippen LogP contribution in [0.2, 0.25) is 0 Å². The molecule has 3 N–H and O–H groups in total. The molecule has 0 radical (unpaired) electrons. The number of nitrogen functional groups attached to an aromatic ring is 1. The summed E-state index contributed by atoms with van der Waals surface area (Å²) >= 11 is 1.31. The van der Waals surface area contributed by atoms with Crippen LogP contribution in [-0.4, -0.2) is 32.6 Å². The quantitative estimate of drug-likeness (QED) is 0.569. The summed E-state index contributed by atoms with van der Waals surface area (Å²) in [6.07, 6.45) is 2.68. The molecule has 1 aromatic rings. The van der Waals surface area contributed by atoms with E-state index < -0.39 is 0 Å². The molecular formula is C11H21N5OS. The minimum atomic E-state index is -0.00519. The van der Waals surface area contributed by atoms with Crippen molar-refractivity contribution in [1.82, 2.24) is 20.2 Å². The van der Waals surface area contributed by atoms with E-state index in [0.29, 0.717) is 10.9 Å². The number of hydrogen-bond acceptors (Lipinski definition) is 5. The fourth-order valence-electron chi connectivity index (χ4n) is 1.35. The Balaban J connectivity index is 2.46. The summed E-state index contributed by atoms with van der Waals surface area (Å²) in [6, 6.07) is 0.199. The number of rotatable bonds is 7. The van der Waals surface area contributed by atoms with E-state index in [-0.39, 0.29) is 11.9 Å². The Bertz CT molecular complexity index is 393. The van der Waals surface area contributed by atoms with Gasteiger partial charge in [-0.1, -0.05) is 25.6 Å². The fraction of sp³-hybridized carbons (Fsp3) is 0.727. The molecule has 1 amide bonds. The van der Waals surface area contributed by atoms with E-state index in [2.05, 4.69) is 22.4 Å². The van der Waals surface area contributed by atoms with Crippen LogP contribution in [0.3, 0.4) is 0 Å². The number of thioether (sulfide) groups is 1. The number of nitrogens with one attached hydrogen (secondary N) is 1. The van der Waals surface area contributed by atoms with Crippen LogP contribution in [0, 0.1) is 0 Å². The molecule has 0 aliphatic rings. The molecule has 0 saturated heterocycles. The first-order valence-corrected chi connectivity index (χ1v) is 7.18. The lowest BCUT2D eigenvalue weighted by molar-refractivity contribution is -0.119. The van der Waals surface area contributed by atoms with Gasteiger partial charge in [-0.25, -0.2) is 4.68 Å². The molecule has 0 aromatic carbocycles. The summed E-state index contributed by atoms with van der Waals surface area (Å²) in [6.45, 7) is 6.07. The minimum Gasteiger partial charge on any atom is -0.353 e. The van der Waals surface area contributed by atoms with E-state index in [1.807, 2.05) is 13.8 Å². The van der Waals surface area contributed by atoms with Crippen LogP contribution in [0.15, 0.2) is 5.16 Å². The summed E-state index contributed by atoms with van der Waals surface area (Å²) in [5.74, 6) is 6.90. The lowest BCUT2D eigenvalue weighted by Crippen LogP contribution is -2.33. The summed E-state index contributed by atoms with van der Waals surface area (Å²) in [7, 11) is 0. The molecule has 18 heavy (non-hydrogen) atoms. The van der Waals surface area contributed by atoms with Gasteiger partial charge in [-0.15, -0.1) is 10.2 Å². The van der Waals surface area contributed by atoms with Gasteiger partial charge >= 0.3 is 0 Å². The smallest absolute Gasteiger partial charge is 0.230 e. The number of aromatic nitrogens is 3. The minimum absolute atomic E-state index is 0.00519. The van der Waals surface area contributed by atoms with E-state index in [4.69, 9.17) is 5.84 Å². The van der Waals surface area contributed by atoms with Crippen molar-refractivity contribution in [2.24, 2.45) is 0 Å². The molecule has 7 heteroatoms. The molecule has 0 fully saturated rings. The first-order chi connectivity index (χ1) is 8.58. The Hall–Kier alpha value is -1.24. The van der Waals surface area contributed by atoms with Crippen LogP contribution in [0.4, 0.5) is 0 Å². The first-order valence-electron chi connectivity index (χ1n) is 6.20. The highest BCUT2D eigenvalue weighted by Crippen LogP contribution is 2.14. The molecule has 0 aliphatic heterocycles. The van der Waals surface area contributed by atoms with Gasteiger partial charge in [0.05, 0.1) is 5.75 Å².